The monoisotopic (exact) mass is 427 g/mol. The average Bonchev–Trinajstić information content (AvgIpc) is 2.75. The molecular formula is C23H23Cl2N3O. The van der Waals surface area contributed by atoms with Gasteiger partial charge in [-0.3, -0.25) is 4.90 Å². The predicted octanol–water partition coefficient (Wildman–Crippen LogP) is 5.98. The van der Waals surface area contributed by atoms with Crippen molar-refractivity contribution in [3.63, 3.8) is 0 Å². The molecule has 0 saturated carbocycles. The highest BCUT2D eigenvalue weighted by Crippen LogP contribution is 2.32. The van der Waals surface area contributed by atoms with E-state index in [4.69, 9.17) is 37.9 Å². The molecule has 150 valence electrons. The standard InChI is InChI=1S/C23H23Cl2N3O/c1-2-28-13-3-4-20(15-28)29-21-14-26-22(16-5-9-18(24)10-6-16)23(27-21)17-7-11-19(25)12-8-17/h5-12,14,20H,2-4,13,15H2,1H3. The number of piperidine rings is 1. The second-order valence-electron chi connectivity index (χ2n) is 7.19. The van der Waals surface area contributed by atoms with E-state index < -0.39 is 0 Å². The lowest BCUT2D eigenvalue weighted by Crippen LogP contribution is -2.41. The van der Waals surface area contributed by atoms with Crippen molar-refractivity contribution in [2.45, 2.75) is 25.9 Å². The van der Waals surface area contributed by atoms with Crippen LogP contribution in [0.1, 0.15) is 19.8 Å². The van der Waals surface area contributed by atoms with Crippen LogP contribution in [0.4, 0.5) is 0 Å². The molecule has 0 radical (unpaired) electrons. The van der Waals surface area contributed by atoms with Crippen molar-refractivity contribution in [3.8, 4) is 28.4 Å². The summed E-state index contributed by atoms with van der Waals surface area (Å²) in [6, 6.07) is 15.2. The lowest BCUT2D eigenvalue weighted by Gasteiger charge is -2.31. The Hall–Kier alpha value is -2.14. The van der Waals surface area contributed by atoms with E-state index in [1.165, 1.54) is 0 Å². The topological polar surface area (TPSA) is 38.2 Å². The number of hydrogen-bond donors (Lipinski definition) is 0. The third-order valence-electron chi connectivity index (χ3n) is 5.18. The fraction of sp³-hybridized carbons (Fsp3) is 0.304. The van der Waals surface area contributed by atoms with Gasteiger partial charge in [0, 0.05) is 27.7 Å². The number of nitrogens with zero attached hydrogens (tertiary/aromatic N) is 3. The molecule has 1 unspecified atom stereocenters. The number of ether oxygens (including phenoxy) is 1. The van der Waals surface area contributed by atoms with Crippen molar-refractivity contribution in [2.24, 2.45) is 0 Å². The molecule has 2 heterocycles. The van der Waals surface area contributed by atoms with Gasteiger partial charge in [0.1, 0.15) is 11.8 Å². The maximum absolute atomic E-state index is 6.22. The Labute approximate surface area is 181 Å². The van der Waals surface area contributed by atoms with Gasteiger partial charge in [-0.1, -0.05) is 54.4 Å². The summed E-state index contributed by atoms with van der Waals surface area (Å²) in [5.41, 5.74) is 3.45. The van der Waals surface area contributed by atoms with Gasteiger partial charge in [0.2, 0.25) is 5.88 Å². The molecule has 1 aromatic heterocycles. The van der Waals surface area contributed by atoms with E-state index >= 15 is 0 Å². The highest BCUT2D eigenvalue weighted by molar-refractivity contribution is 6.31. The molecule has 0 N–H and O–H groups in total. The van der Waals surface area contributed by atoms with Gasteiger partial charge >= 0.3 is 0 Å². The van der Waals surface area contributed by atoms with E-state index in [9.17, 15) is 0 Å². The van der Waals surface area contributed by atoms with Crippen LogP contribution in [0, 0.1) is 0 Å². The quantitative estimate of drug-likeness (QED) is 0.501. The highest BCUT2D eigenvalue weighted by atomic mass is 35.5. The van der Waals surface area contributed by atoms with Crippen molar-refractivity contribution < 1.29 is 4.74 Å². The molecule has 0 aliphatic carbocycles. The molecule has 6 heteroatoms. The van der Waals surface area contributed by atoms with Crippen molar-refractivity contribution in [3.05, 3.63) is 64.8 Å². The van der Waals surface area contributed by atoms with E-state index in [2.05, 4.69) is 11.8 Å². The molecule has 1 saturated heterocycles. The molecule has 3 aromatic rings. The van der Waals surface area contributed by atoms with E-state index in [0.29, 0.717) is 15.9 Å². The van der Waals surface area contributed by atoms with E-state index in [1.54, 1.807) is 6.20 Å². The lowest BCUT2D eigenvalue weighted by molar-refractivity contribution is 0.0881. The van der Waals surface area contributed by atoms with Crippen molar-refractivity contribution in [1.29, 1.82) is 0 Å². The van der Waals surface area contributed by atoms with Gasteiger partial charge in [-0.25, -0.2) is 9.97 Å². The average molecular weight is 428 g/mol. The number of halogens is 2. The van der Waals surface area contributed by atoms with Gasteiger partial charge in [0.15, 0.2) is 0 Å². The molecule has 0 spiro atoms. The highest BCUT2D eigenvalue weighted by Gasteiger charge is 2.21. The molecule has 0 amide bonds. The first-order valence-electron chi connectivity index (χ1n) is 9.90. The minimum Gasteiger partial charge on any atom is -0.472 e. The minimum atomic E-state index is 0.137. The second kappa shape index (κ2) is 9.12. The summed E-state index contributed by atoms with van der Waals surface area (Å²) in [5, 5.41) is 1.37. The minimum absolute atomic E-state index is 0.137. The molecule has 1 fully saturated rings. The normalized spacial score (nSPS) is 17.3. The molecule has 0 bridgehead atoms. The Bertz CT molecular complexity index is 961. The Kier molecular flexibility index (Phi) is 6.34. The fourth-order valence-electron chi connectivity index (χ4n) is 3.63. The van der Waals surface area contributed by atoms with Gasteiger partial charge < -0.3 is 4.74 Å². The zero-order valence-electron chi connectivity index (χ0n) is 16.3. The van der Waals surface area contributed by atoms with Gasteiger partial charge in [-0.15, -0.1) is 0 Å². The van der Waals surface area contributed by atoms with E-state index in [-0.39, 0.29) is 6.10 Å². The predicted molar refractivity (Wildman–Crippen MR) is 119 cm³/mol. The summed E-state index contributed by atoms with van der Waals surface area (Å²) < 4.78 is 6.22. The third-order valence-corrected chi connectivity index (χ3v) is 5.69. The summed E-state index contributed by atoms with van der Waals surface area (Å²) in [5.74, 6) is 0.551. The van der Waals surface area contributed by atoms with Crippen LogP contribution in [-0.4, -0.2) is 40.6 Å². The first-order valence-corrected chi connectivity index (χ1v) is 10.7. The summed E-state index contributed by atoms with van der Waals surface area (Å²) in [7, 11) is 0. The van der Waals surface area contributed by atoms with Crippen LogP contribution in [0.25, 0.3) is 22.5 Å². The number of benzene rings is 2. The van der Waals surface area contributed by atoms with Crippen molar-refractivity contribution in [1.82, 2.24) is 14.9 Å². The van der Waals surface area contributed by atoms with Crippen LogP contribution in [0.5, 0.6) is 5.88 Å². The molecule has 29 heavy (non-hydrogen) atoms. The lowest BCUT2D eigenvalue weighted by atomic mass is 10.0. The Morgan fingerprint density at radius 2 is 1.59 bits per heavy atom. The Balaban J connectivity index is 1.69. The summed E-state index contributed by atoms with van der Waals surface area (Å²) >= 11 is 12.1. The second-order valence-corrected chi connectivity index (χ2v) is 8.07. The first-order chi connectivity index (χ1) is 14.1. The van der Waals surface area contributed by atoms with Gasteiger partial charge in [0.25, 0.3) is 0 Å². The van der Waals surface area contributed by atoms with Crippen molar-refractivity contribution in [2.75, 3.05) is 19.6 Å². The zero-order valence-corrected chi connectivity index (χ0v) is 17.8. The number of aromatic nitrogens is 2. The van der Waals surface area contributed by atoms with Crippen LogP contribution < -0.4 is 4.74 Å². The molecule has 1 aliphatic heterocycles. The molecule has 1 aliphatic rings. The number of hydrogen-bond acceptors (Lipinski definition) is 4. The van der Waals surface area contributed by atoms with Gasteiger partial charge in [-0.2, -0.15) is 0 Å². The number of rotatable bonds is 5. The Morgan fingerprint density at radius 3 is 2.21 bits per heavy atom. The van der Waals surface area contributed by atoms with E-state index in [1.807, 2.05) is 48.5 Å². The fourth-order valence-corrected chi connectivity index (χ4v) is 3.88. The molecular weight excluding hydrogens is 405 g/mol. The summed E-state index contributed by atoms with van der Waals surface area (Å²) in [6.45, 7) is 5.28. The maximum atomic E-state index is 6.22. The smallest absolute Gasteiger partial charge is 0.233 e. The number of likely N-dealkylation sites (N-methyl/N-ethyl adjacent to an activating group) is 1. The third kappa shape index (κ3) is 4.89. The summed E-state index contributed by atoms with van der Waals surface area (Å²) in [6.07, 6.45) is 4.03. The molecule has 2 aromatic carbocycles. The van der Waals surface area contributed by atoms with Crippen LogP contribution in [0.3, 0.4) is 0 Å². The van der Waals surface area contributed by atoms with Crippen LogP contribution in [0.2, 0.25) is 10.0 Å². The molecule has 4 nitrogen and oxygen atoms in total. The number of likely N-dealkylation sites (tertiary alicyclic amines) is 1. The van der Waals surface area contributed by atoms with Gasteiger partial charge in [-0.05, 0) is 50.2 Å². The van der Waals surface area contributed by atoms with Crippen LogP contribution >= 0.6 is 23.2 Å². The summed E-state index contributed by atoms with van der Waals surface area (Å²) in [4.78, 5) is 11.9. The maximum Gasteiger partial charge on any atom is 0.233 e. The van der Waals surface area contributed by atoms with Gasteiger partial charge in [0.05, 0.1) is 11.9 Å². The molecule has 1 atom stereocenters. The SMILES string of the molecule is CCN1CCCC(Oc2cnc(-c3ccc(Cl)cc3)c(-c3ccc(Cl)cc3)n2)C1. The van der Waals surface area contributed by atoms with Crippen molar-refractivity contribution >= 4 is 23.2 Å². The van der Waals surface area contributed by atoms with E-state index in [0.717, 1.165) is 55.0 Å². The Morgan fingerprint density at radius 1 is 0.966 bits per heavy atom. The molecule has 4 rings (SSSR count). The largest absolute Gasteiger partial charge is 0.472 e. The van der Waals surface area contributed by atoms with Crippen LogP contribution in [0.15, 0.2) is 54.7 Å². The van der Waals surface area contributed by atoms with Crippen LogP contribution in [-0.2, 0) is 0 Å². The zero-order chi connectivity index (χ0) is 20.2. The first kappa shape index (κ1) is 20.1.